The van der Waals surface area contributed by atoms with E-state index in [2.05, 4.69) is 5.32 Å². The van der Waals surface area contributed by atoms with Gasteiger partial charge in [0.1, 0.15) is 5.82 Å². The molecule has 1 aromatic carbocycles. The van der Waals surface area contributed by atoms with Crippen molar-refractivity contribution in [3.63, 3.8) is 0 Å². The topological polar surface area (TPSA) is 47.6 Å². The normalized spacial score (nSPS) is 10.6. The molecule has 0 atom stereocenters. The van der Waals surface area contributed by atoms with E-state index in [1.54, 1.807) is 0 Å². The molecule has 0 bridgehead atoms. The predicted octanol–water partition coefficient (Wildman–Crippen LogP) is 1.71. The van der Waals surface area contributed by atoms with Gasteiger partial charge in [-0.15, -0.1) is 0 Å². The molecule has 0 spiro atoms. The third-order valence-corrected chi connectivity index (χ3v) is 2.38. The van der Waals surface area contributed by atoms with Gasteiger partial charge in [0.15, 0.2) is 0 Å². The van der Waals surface area contributed by atoms with E-state index in [1.165, 1.54) is 32.4 Å². The molecule has 0 aliphatic heterocycles. The number of rotatable bonds is 5. The Morgan fingerprint density at radius 2 is 2.12 bits per heavy atom. The fraction of sp³-hybridized carbons (Fsp3) is 0.364. The van der Waals surface area contributed by atoms with Crippen LogP contribution in [0.2, 0.25) is 5.02 Å². The largest absolute Gasteiger partial charge is 0.348 e. The molecule has 0 aliphatic carbocycles. The Kier molecular flexibility index (Phi) is 5.34. The van der Waals surface area contributed by atoms with Crippen LogP contribution in [0.1, 0.15) is 5.56 Å². The van der Waals surface area contributed by atoms with Crippen LogP contribution in [0.15, 0.2) is 18.2 Å². The molecule has 6 heteroatoms. The van der Waals surface area contributed by atoms with Crippen molar-refractivity contribution in [2.45, 2.75) is 12.8 Å². The molecule has 0 fully saturated rings. The number of hydrogen-bond donors (Lipinski definition) is 1. The molecular weight excluding hydrogens is 249 g/mol. The molecule has 0 aliphatic rings. The highest BCUT2D eigenvalue weighted by Crippen LogP contribution is 2.15. The van der Waals surface area contributed by atoms with Crippen molar-refractivity contribution in [1.29, 1.82) is 0 Å². The van der Waals surface area contributed by atoms with Gasteiger partial charge < -0.3 is 14.8 Å². The van der Waals surface area contributed by atoms with Crippen LogP contribution in [0.5, 0.6) is 0 Å². The number of carbonyl (C=O) groups is 1. The second kappa shape index (κ2) is 6.54. The number of methoxy groups -OCH3 is 2. The summed E-state index contributed by atoms with van der Waals surface area (Å²) in [6.45, 7) is 0.224. The highest BCUT2D eigenvalue weighted by Gasteiger charge is 2.15. The third kappa shape index (κ3) is 3.96. The van der Waals surface area contributed by atoms with Gasteiger partial charge in [0.25, 0.3) is 5.91 Å². The van der Waals surface area contributed by atoms with Crippen LogP contribution >= 0.6 is 11.6 Å². The van der Waals surface area contributed by atoms with Crippen molar-refractivity contribution in [3.05, 3.63) is 34.6 Å². The van der Waals surface area contributed by atoms with Gasteiger partial charge in [-0.05, 0) is 17.7 Å². The van der Waals surface area contributed by atoms with Gasteiger partial charge in [-0.25, -0.2) is 4.39 Å². The van der Waals surface area contributed by atoms with Gasteiger partial charge in [0.2, 0.25) is 6.29 Å². The van der Waals surface area contributed by atoms with Crippen LogP contribution in [0.4, 0.5) is 4.39 Å². The molecule has 0 saturated carbocycles. The number of nitrogens with one attached hydrogen (secondary N) is 1. The minimum Gasteiger partial charge on any atom is -0.348 e. The summed E-state index contributed by atoms with van der Waals surface area (Å²) in [6, 6.07) is 4.23. The summed E-state index contributed by atoms with van der Waals surface area (Å²) in [6.07, 6.45) is -0.953. The first-order chi connectivity index (χ1) is 8.08. The maximum absolute atomic E-state index is 12.9. The molecule has 1 aromatic rings. The van der Waals surface area contributed by atoms with E-state index in [0.717, 1.165) is 0 Å². The number of amides is 1. The Bertz CT molecular complexity index is 396. The number of halogens is 2. The van der Waals surface area contributed by atoms with Crippen LogP contribution in [0, 0.1) is 5.82 Å². The summed E-state index contributed by atoms with van der Waals surface area (Å²) < 4.78 is 22.4. The van der Waals surface area contributed by atoms with Gasteiger partial charge in [0.05, 0.1) is 5.02 Å². The summed E-state index contributed by atoms with van der Waals surface area (Å²) in [5.41, 5.74) is 0.690. The van der Waals surface area contributed by atoms with Gasteiger partial charge in [-0.3, -0.25) is 4.79 Å². The molecule has 94 valence electrons. The average Bonchev–Trinajstić information content (AvgIpc) is 2.32. The van der Waals surface area contributed by atoms with E-state index >= 15 is 0 Å². The highest BCUT2D eigenvalue weighted by molar-refractivity contribution is 6.30. The molecule has 1 N–H and O–H groups in total. The molecule has 1 amide bonds. The van der Waals surface area contributed by atoms with E-state index in [4.69, 9.17) is 21.1 Å². The fourth-order valence-corrected chi connectivity index (χ4v) is 1.44. The first-order valence-electron chi connectivity index (χ1n) is 4.85. The fourth-order valence-electron chi connectivity index (χ4n) is 1.23. The minimum atomic E-state index is -0.953. The smallest absolute Gasteiger partial charge is 0.277 e. The zero-order chi connectivity index (χ0) is 12.8. The Hall–Kier alpha value is -1.17. The molecule has 1 rings (SSSR count). The molecule has 0 aromatic heterocycles. The van der Waals surface area contributed by atoms with E-state index in [9.17, 15) is 9.18 Å². The summed E-state index contributed by atoms with van der Waals surface area (Å²) in [4.78, 5) is 11.5. The summed E-state index contributed by atoms with van der Waals surface area (Å²) in [5, 5.41) is 2.60. The van der Waals surface area contributed by atoms with Crippen molar-refractivity contribution in [2.75, 3.05) is 14.2 Å². The second-order valence-corrected chi connectivity index (χ2v) is 3.68. The van der Waals surface area contributed by atoms with Gasteiger partial charge in [0, 0.05) is 20.8 Å². The monoisotopic (exact) mass is 261 g/mol. The SMILES string of the molecule is COC(OC)C(=O)NCc1ccc(F)c(Cl)c1. The van der Waals surface area contributed by atoms with E-state index in [0.29, 0.717) is 5.56 Å². The maximum Gasteiger partial charge on any atom is 0.277 e. The zero-order valence-electron chi connectivity index (χ0n) is 9.50. The number of carbonyl (C=O) groups excluding carboxylic acids is 1. The lowest BCUT2D eigenvalue weighted by atomic mass is 10.2. The Morgan fingerprint density at radius 1 is 1.47 bits per heavy atom. The number of hydrogen-bond acceptors (Lipinski definition) is 3. The van der Waals surface area contributed by atoms with Crippen molar-refractivity contribution in [2.24, 2.45) is 0 Å². The number of benzene rings is 1. The maximum atomic E-state index is 12.9. The molecule has 0 saturated heterocycles. The van der Waals surface area contributed by atoms with Gasteiger partial charge in [-0.1, -0.05) is 17.7 Å². The number of ether oxygens (including phenoxy) is 2. The highest BCUT2D eigenvalue weighted by atomic mass is 35.5. The van der Waals surface area contributed by atoms with Crippen molar-refractivity contribution in [1.82, 2.24) is 5.32 Å². The standard InChI is InChI=1S/C11H13ClFNO3/c1-16-11(17-2)10(15)14-6-7-3-4-9(13)8(12)5-7/h3-5,11H,6H2,1-2H3,(H,14,15). The van der Waals surface area contributed by atoms with E-state index in [-0.39, 0.29) is 11.6 Å². The van der Waals surface area contributed by atoms with Gasteiger partial charge in [-0.2, -0.15) is 0 Å². The molecule has 17 heavy (non-hydrogen) atoms. The van der Waals surface area contributed by atoms with Crippen LogP contribution in [0.25, 0.3) is 0 Å². The van der Waals surface area contributed by atoms with Crippen LogP contribution in [-0.4, -0.2) is 26.4 Å². The average molecular weight is 262 g/mol. The van der Waals surface area contributed by atoms with E-state index < -0.39 is 18.0 Å². The lowest BCUT2D eigenvalue weighted by Crippen LogP contribution is -2.36. The minimum absolute atomic E-state index is 0.0202. The summed E-state index contributed by atoms with van der Waals surface area (Å²) in [5.74, 6) is -0.899. The lowest BCUT2D eigenvalue weighted by molar-refractivity contribution is -0.159. The Balaban J connectivity index is 2.55. The molecule has 0 radical (unpaired) electrons. The van der Waals surface area contributed by atoms with Crippen LogP contribution < -0.4 is 5.32 Å². The Labute approximate surface area is 104 Å². The third-order valence-electron chi connectivity index (χ3n) is 2.09. The van der Waals surface area contributed by atoms with Crippen molar-refractivity contribution >= 4 is 17.5 Å². The summed E-state index contributed by atoms with van der Waals surface area (Å²) >= 11 is 5.61. The molecular formula is C11H13ClFNO3. The van der Waals surface area contributed by atoms with Crippen LogP contribution in [0.3, 0.4) is 0 Å². The van der Waals surface area contributed by atoms with E-state index in [1.807, 2.05) is 0 Å². The molecule has 4 nitrogen and oxygen atoms in total. The second-order valence-electron chi connectivity index (χ2n) is 3.27. The van der Waals surface area contributed by atoms with Crippen molar-refractivity contribution in [3.8, 4) is 0 Å². The first-order valence-corrected chi connectivity index (χ1v) is 5.23. The first kappa shape index (κ1) is 13.9. The predicted molar refractivity (Wildman–Crippen MR) is 61.1 cm³/mol. The summed E-state index contributed by atoms with van der Waals surface area (Å²) in [7, 11) is 2.73. The molecule has 0 unspecified atom stereocenters. The quantitative estimate of drug-likeness (QED) is 0.821. The molecule has 0 heterocycles. The lowest BCUT2D eigenvalue weighted by Gasteiger charge is -2.13. The van der Waals surface area contributed by atoms with Gasteiger partial charge >= 0.3 is 0 Å². The van der Waals surface area contributed by atoms with Crippen LogP contribution in [-0.2, 0) is 20.8 Å². The van der Waals surface area contributed by atoms with Crippen molar-refractivity contribution < 1.29 is 18.7 Å². The Morgan fingerprint density at radius 3 is 2.65 bits per heavy atom. The zero-order valence-corrected chi connectivity index (χ0v) is 10.3.